The monoisotopic (exact) mass is 359 g/mol. The fourth-order valence-electron chi connectivity index (χ4n) is 2.42. The molecule has 0 aliphatic heterocycles. The fourth-order valence-corrected chi connectivity index (χ4v) is 3.23. The Hall–Kier alpha value is -0.0500. The van der Waals surface area contributed by atoms with Crippen LogP contribution in [-0.4, -0.2) is 6.54 Å². The van der Waals surface area contributed by atoms with Crippen LogP contribution < -0.4 is 5.32 Å². The molecule has 1 nitrogen and oxygen atoms in total. The molecule has 1 aromatic rings. The van der Waals surface area contributed by atoms with Gasteiger partial charge in [0.25, 0.3) is 0 Å². The third kappa shape index (κ3) is 6.60. The summed E-state index contributed by atoms with van der Waals surface area (Å²) in [4.78, 5) is 0. The summed E-state index contributed by atoms with van der Waals surface area (Å²) in [5.41, 5.74) is 1.24. The van der Waals surface area contributed by atoms with Gasteiger partial charge in [0.1, 0.15) is 0 Å². The lowest BCUT2D eigenvalue weighted by molar-refractivity contribution is 0.468. The van der Waals surface area contributed by atoms with Crippen molar-refractivity contribution >= 4 is 27.5 Å². The highest BCUT2D eigenvalue weighted by Gasteiger charge is 2.13. The van der Waals surface area contributed by atoms with Gasteiger partial charge in [-0.05, 0) is 37.1 Å². The molecule has 0 bridgehead atoms. The van der Waals surface area contributed by atoms with Crippen LogP contribution in [-0.2, 0) is 0 Å². The molecule has 0 saturated carbocycles. The van der Waals surface area contributed by atoms with Crippen LogP contribution in [0.2, 0.25) is 5.02 Å². The molecular weight excluding hydrogens is 334 g/mol. The number of hydrogen-bond acceptors (Lipinski definition) is 1. The Morgan fingerprint density at radius 3 is 2.50 bits per heavy atom. The summed E-state index contributed by atoms with van der Waals surface area (Å²) in [7, 11) is 0. The van der Waals surface area contributed by atoms with Gasteiger partial charge in [0.05, 0.1) is 0 Å². The standard InChI is InChI=1S/C17H27BrClN/c1-3-5-6-7-8-9-17(20-12-4-2)15-11-10-14(18)13-16(15)19/h10-11,13,17,20H,3-9,12H2,1-2H3. The van der Waals surface area contributed by atoms with Gasteiger partial charge in [0.15, 0.2) is 0 Å². The molecule has 1 aromatic carbocycles. The van der Waals surface area contributed by atoms with Crippen molar-refractivity contribution < 1.29 is 0 Å². The van der Waals surface area contributed by atoms with E-state index in [2.05, 4.69) is 47.2 Å². The van der Waals surface area contributed by atoms with E-state index in [-0.39, 0.29) is 0 Å². The van der Waals surface area contributed by atoms with Crippen LogP contribution in [0.5, 0.6) is 0 Å². The maximum atomic E-state index is 6.40. The lowest BCUT2D eigenvalue weighted by Gasteiger charge is -2.20. The van der Waals surface area contributed by atoms with Crippen LogP contribution >= 0.6 is 27.5 Å². The second-order valence-electron chi connectivity index (χ2n) is 5.38. The topological polar surface area (TPSA) is 12.0 Å². The fraction of sp³-hybridized carbons (Fsp3) is 0.647. The molecule has 20 heavy (non-hydrogen) atoms. The minimum absolute atomic E-state index is 0.386. The number of nitrogens with one attached hydrogen (secondary N) is 1. The summed E-state index contributed by atoms with van der Waals surface area (Å²) < 4.78 is 1.04. The Kier molecular flexibility index (Phi) is 9.58. The third-order valence-corrected chi connectivity index (χ3v) is 4.40. The highest BCUT2D eigenvalue weighted by molar-refractivity contribution is 9.10. The molecule has 0 aliphatic rings. The molecule has 0 aromatic heterocycles. The van der Waals surface area contributed by atoms with E-state index in [0.29, 0.717) is 6.04 Å². The predicted octanol–water partition coefficient (Wildman–Crippen LogP) is 6.50. The molecule has 0 heterocycles. The normalized spacial score (nSPS) is 12.6. The smallest absolute Gasteiger partial charge is 0.0465 e. The first-order valence-corrected chi connectivity index (χ1v) is 9.04. The molecular formula is C17H27BrClN. The number of unbranched alkanes of at least 4 members (excludes halogenated alkanes) is 4. The first-order chi connectivity index (χ1) is 9.69. The Balaban J connectivity index is 2.58. The summed E-state index contributed by atoms with van der Waals surface area (Å²) in [5.74, 6) is 0. The van der Waals surface area contributed by atoms with Gasteiger partial charge in [-0.2, -0.15) is 0 Å². The van der Waals surface area contributed by atoms with Crippen LogP contribution in [0.25, 0.3) is 0 Å². The number of halogens is 2. The van der Waals surface area contributed by atoms with Gasteiger partial charge >= 0.3 is 0 Å². The molecule has 1 unspecified atom stereocenters. The van der Waals surface area contributed by atoms with Crippen molar-refractivity contribution in [1.82, 2.24) is 5.32 Å². The average molecular weight is 361 g/mol. The highest BCUT2D eigenvalue weighted by atomic mass is 79.9. The lowest BCUT2D eigenvalue weighted by Crippen LogP contribution is -2.22. The molecule has 0 spiro atoms. The van der Waals surface area contributed by atoms with Crippen molar-refractivity contribution in [3.8, 4) is 0 Å². The van der Waals surface area contributed by atoms with Crippen molar-refractivity contribution in [2.24, 2.45) is 0 Å². The Labute approximate surface area is 137 Å². The average Bonchev–Trinajstić information content (AvgIpc) is 2.43. The molecule has 0 saturated heterocycles. The zero-order valence-electron chi connectivity index (χ0n) is 12.7. The zero-order chi connectivity index (χ0) is 14.8. The summed E-state index contributed by atoms with van der Waals surface area (Å²) in [6.07, 6.45) is 8.93. The van der Waals surface area contributed by atoms with E-state index in [9.17, 15) is 0 Å². The van der Waals surface area contributed by atoms with Crippen LogP contribution in [0.1, 0.15) is 70.4 Å². The van der Waals surface area contributed by atoms with Gasteiger partial charge in [0.2, 0.25) is 0 Å². The Morgan fingerprint density at radius 2 is 1.85 bits per heavy atom. The molecule has 114 valence electrons. The molecule has 1 rings (SSSR count). The van der Waals surface area contributed by atoms with E-state index in [1.165, 1.54) is 44.1 Å². The zero-order valence-corrected chi connectivity index (χ0v) is 15.1. The lowest BCUT2D eigenvalue weighted by atomic mass is 9.99. The summed E-state index contributed by atoms with van der Waals surface area (Å²) in [5, 5.41) is 4.50. The summed E-state index contributed by atoms with van der Waals surface area (Å²) in [6, 6.07) is 6.61. The molecule has 1 N–H and O–H groups in total. The van der Waals surface area contributed by atoms with E-state index in [4.69, 9.17) is 11.6 Å². The van der Waals surface area contributed by atoms with Crippen molar-refractivity contribution in [3.05, 3.63) is 33.3 Å². The third-order valence-electron chi connectivity index (χ3n) is 3.58. The molecule has 0 fully saturated rings. The van der Waals surface area contributed by atoms with Gasteiger partial charge in [-0.25, -0.2) is 0 Å². The van der Waals surface area contributed by atoms with E-state index < -0.39 is 0 Å². The predicted molar refractivity (Wildman–Crippen MR) is 93.6 cm³/mol. The summed E-state index contributed by atoms with van der Waals surface area (Å²) >= 11 is 9.87. The van der Waals surface area contributed by atoms with Crippen molar-refractivity contribution in [1.29, 1.82) is 0 Å². The number of rotatable bonds is 10. The first kappa shape index (κ1) is 18.0. The summed E-state index contributed by atoms with van der Waals surface area (Å²) in [6.45, 7) is 5.51. The van der Waals surface area contributed by atoms with E-state index in [1.807, 2.05) is 6.07 Å². The number of hydrogen-bond donors (Lipinski definition) is 1. The van der Waals surface area contributed by atoms with Crippen molar-refractivity contribution in [3.63, 3.8) is 0 Å². The second kappa shape index (κ2) is 10.6. The number of benzene rings is 1. The maximum Gasteiger partial charge on any atom is 0.0465 e. The quantitative estimate of drug-likeness (QED) is 0.469. The molecule has 1 atom stereocenters. The van der Waals surface area contributed by atoms with Gasteiger partial charge in [-0.1, -0.05) is 79.5 Å². The second-order valence-corrected chi connectivity index (χ2v) is 6.70. The van der Waals surface area contributed by atoms with Gasteiger partial charge in [0, 0.05) is 15.5 Å². The first-order valence-electron chi connectivity index (χ1n) is 7.87. The van der Waals surface area contributed by atoms with Crippen LogP contribution in [0.15, 0.2) is 22.7 Å². The largest absolute Gasteiger partial charge is 0.310 e. The minimum Gasteiger partial charge on any atom is -0.310 e. The minimum atomic E-state index is 0.386. The van der Waals surface area contributed by atoms with Crippen LogP contribution in [0.3, 0.4) is 0 Å². The van der Waals surface area contributed by atoms with E-state index in [0.717, 1.165) is 22.5 Å². The van der Waals surface area contributed by atoms with Gasteiger partial charge < -0.3 is 5.32 Å². The maximum absolute atomic E-state index is 6.40. The Morgan fingerprint density at radius 1 is 1.10 bits per heavy atom. The molecule has 0 aliphatic carbocycles. The molecule has 0 radical (unpaired) electrons. The Bertz CT molecular complexity index is 381. The van der Waals surface area contributed by atoms with Crippen LogP contribution in [0.4, 0.5) is 0 Å². The highest BCUT2D eigenvalue weighted by Crippen LogP contribution is 2.29. The van der Waals surface area contributed by atoms with Crippen LogP contribution in [0, 0.1) is 0 Å². The molecule has 3 heteroatoms. The van der Waals surface area contributed by atoms with Crippen molar-refractivity contribution in [2.45, 2.75) is 64.8 Å². The van der Waals surface area contributed by atoms with Gasteiger partial charge in [-0.15, -0.1) is 0 Å². The molecule has 0 amide bonds. The SMILES string of the molecule is CCCCCCCC(NCCC)c1ccc(Br)cc1Cl. The van der Waals surface area contributed by atoms with Gasteiger partial charge in [-0.3, -0.25) is 0 Å². The van der Waals surface area contributed by atoms with E-state index in [1.54, 1.807) is 0 Å². The van der Waals surface area contributed by atoms with E-state index >= 15 is 0 Å². The van der Waals surface area contributed by atoms with Crippen molar-refractivity contribution in [2.75, 3.05) is 6.54 Å².